The molecule has 3 heteroatoms. The third kappa shape index (κ3) is 2.30. The third-order valence-corrected chi connectivity index (χ3v) is 3.22. The van der Waals surface area contributed by atoms with Crippen LogP contribution in [0.1, 0.15) is 24.8 Å². The molecular weight excluding hydrogens is 202 g/mol. The van der Waals surface area contributed by atoms with Crippen molar-refractivity contribution in [1.29, 1.82) is 0 Å². The summed E-state index contributed by atoms with van der Waals surface area (Å²) in [5.74, 6) is 0.324. The zero-order chi connectivity index (χ0) is 11.5. The Kier molecular flexibility index (Phi) is 3.34. The number of aliphatic hydroxyl groups excluding tert-OH is 1. The van der Waals surface area contributed by atoms with Gasteiger partial charge in [-0.2, -0.15) is 0 Å². The van der Waals surface area contributed by atoms with E-state index in [1.807, 2.05) is 13.0 Å². The van der Waals surface area contributed by atoms with Crippen LogP contribution in [0.3, 0.4) is 0 Å². The molecule has 16 heavy (non-hydrogen) atoms. The van der Waals surface area contributed by atoms with Crippen molar-refractivity contribution in [3.63, 3.8) is 0 Å². The first-order valence-corrected chi connectivity index (χ1v) is 5.89. The lowest BCUT2D eigenvalue weighted by molar-refractivity contribution is 0.276. The quantitative estimate of drug-likeness (QED) is 0.821. The second-order valence-corrected chi connectivity index (χ2v) is 4.53. The molecule has 2 rings (SSSR count). The normalized spacial score (nSPS) is 20.4. The zero-order valence-corrected chi connectivity index (χ0v) is 9.69. The Morgan fingerprint density at radius 1 is 1.38 bits per heavy atom. The van der Waals surface area contributed by atoms with Crippen molar-refractivity contribution < 1.29 is 10.2 Å². The van der Waals surface area contributed by atoms with Gasteiger partial charge in [-0.1, -0.05) is 0 Å². The molecule has 1 unspecified atom stereocenters. The summed E-state index contributed by atoms with van der Waals surface area (Å²) in [5, 5.41) is 18.6. The number of benzene rings is 1. The molecule has 1 aliphatic rings. The van der Waals surface area contributed by atoms with Crippen LogP contribution in [0.5, 0.6) is 5.75 Å². The standard InChI is InChI=1S/C13H19NO2/c1-10-7-12(9-13(16)8-10)14-5-2-3-11(14)4-6-15/h7-9,11,15-16H,2-6H2,1H3. The van der Waals surface area contributed by atoms with Gasteiger partial charge in [0.05, 0.1) is 0 Å². The highest BCUT2D eigenvalue weighted by molar-refractivity contribution is 5.54. The largest absolute Gasteiger partial charge is 0.508 e. The number of aliphatic hydroxyl groups is 1. The van der Waals surface area contributed by atoms with Crippen LogP contribution < -0.4 is 4.90 Å². The van der Waals surface area contributed by atoms with Gasteiger partial charge in [0.2, 0.25) is 0 Å². The van der Waals surface area contributed by atoms with E-state index in [0.29, 0.717) is 11.8 Å². The minimum Gasteiger partial charge on any atom is -0.508 e. The molecule has 0 amide bonds. The van der Waals surface area contributed by atoms with Crippen molar-refractivity contribution >= 4 is 5.69 Å². The Hall–Kier alpha value is -1.22. The van der Waals surface area contributed by atoms with E-state index in [1.54, 1.807) is 6.07 Å². The second kappa shape index (κ2) is 4.74. The Labute approximate surface area is 96.3 Å². The molecule has 0 radical (unpaired) electrons. The van der Waals surface area contributed by atoms with Gasteiger partial charge in [0.25, 0.3) is 0 Å². The zero-order valence-electron chi connectivity index (χ0n) is 9.69. The first-order chi connectivity index (χ1) is 7.70. The van der Waals surface area contributed by atoms with Gasteiger partial charge in [0.15, 0.2) is 0 Å². The molecule has 2 N–H and O–H groups in total. The fraction of sp³-hybridized carbons (Fsp3) is 0.538. The van der Waals surface area contributed by atoms with E-state index >= 15 is 0 Å². The molecule has 0 aromatic heterocycles. The number of hydrogen-bond donors (Lipinski definition) is 2. The Balaban J connectivity index is 2.21. The number of phenolic OH excluding ortho intramolecular Hbond substituents is 1. The second-order valence-electron chi connectivity index (χ2n) is 4.53. The minimum atomic E-state index is 0.235. The van der Waals surface area contributed by atoms with Gasteiger partial charge in [-0.3, -0.25) is 0 Å². The summed E-state index contributed by atoms with van der Waals surface area (Å²) in [7, 11) is 0. The van der Waals surface area contributed by atoms with E-state index in [1.165, 1.54) is 6.42 Å². The monoisotopic (exact) mass is 221 g/mol. The first-order valence-electron chi connectivity index (χ1n) is 5.89. The van der Waals surface area contributed by atoms with Crippen LogP contribution in [0.2, 0.25) is 0 Å². The van der Waals surface area contributed by atoms with Gasteiger partial charge in [-0.05, 0) is 43.9 Å². The fourth-order valence-corrected chi connectivity index (χ4v) is 2.53. The molecule has 1 aromatic rings. The molecular formula is C13H19NO2. The van der Waals surface area contributed by atoms with E-state index < -0.39 is 0 Å². The van der Waals surface area contributed by atoms with Gasteiger partial charge in [0.1, 0.15) is 5.75 Å². The molecule has 0 saturated carbocycles. The van der Waals surface area contributed by atoms with Gasteiger partial charge in [-0.15, -0.1) is 0 Å². The van der Waals surface area contributed by atoms with Crippen LogP contribution in [-0.4, -0.2) is 29.4 Å². The smallest absolute Gasteiger partial charge is 0.117 e. The van der Waals surface area contributed by atoms with Crippen LogP contribution in [0.4, 0.5) is 5.69 Å². The van der Waals surface area contributed by atoms with Crippen molar-refractivity contribution in [2.75, 3.05) is 18.1 Å². The van der Waals surface area contributed by atoms with Gasteiger partial charge < -0.3 is 15.1 Å². The highest BCUT2D eigenvalue weighted by Gasteiger charge is 2.24. The van der Waals surface area contributed by atoms with Crippen molar-refractivity contribution in [3.8, 4) is 5.75 Å². The number of anilines is 1. The summed E-state index contributed by atoms with van der Waals surface area (Å²) in [4.78, 5) is 2.29. The molecule has 1 aliphatic heterocycles. The molecule has 1 atom stereocenters. The lowest BCUT2D eigenvalue weighted by Crippen LogP contribution is -2.29. The van der Waals surface area contributed by atoms with E-state index in [-0.39, 0.29) is 6.61 Å². The lowest BCUT2D eigenvalue weighted by Gasteiger charge is -2.26. The lowest BCUT2D eigenvalue weighted by atomic mass is 10.1. The van der Waals surface area contributed by atoms with Crippen molar-refractivity contribution in [1.82, 2.24) is 0 Å². The Morgan fingerprint density at radius 3 is 2.88 bits per heavy atom. The maximum absolute atomic E-state index is 9.59. The van der Waals surface area contributed by atoms with Gasteiger partial charge in [0, 0.05) is 30.9 Å². The summed E-state index contributed by atoms with van der Waals surface area (Å²) in [5.41, 5.74) is 2.15. The van der Waals surface area contributed by atoms with Crippen molar-refractivity contribution in [2.45, 2.75) is 32.2 Å². The third-order valence-electron chi connectivity index (χ3n) is 3.22. The summed E-state index contributed by atoms with van der Waals surface area (Å²) in [6.07, 6.45) is 3.11. The number of hydrogen-bond acceptors (Lipinski definition) is 3. The summed E-state index contributed by atoms with van der Waals surface area (Å²) in [6.45, 7) is 3.24. The molecule has 1 saturated heterocycles. The highest BCUT2D eigenvalue weighted by atomic mass is 16.3. The van der Waals surface area contributed by atoms with Crippen LogP contribution in [-0.2, 0) is 0 Å². The molecule has 1 heterocycles. The molecule has 1 fully saturated rings. The summed E-state index contributed by atoms with van der Waals surface area (Å²) < 4.78 is 0. The average Bonchev–Trinajstić information content (AvgIpc) is 2.65. The Bertz CT molecular complexity index is 345. The minimum absolute atomic E-state index is 0.235. The molecule has 1 aromatic carbocycles. The number of nitrogens with zero attached hydrogens (tertiary/aromatic N) is 1. The average molecular weight is 221 g/mol. The van der Waals surface area contributed by atoms with E-state index in [2.05, 4.69) is 11.0 Å². The maximum Gasteiger partial charge on any atom is 0.117 e. The van der Waals surface area contributed by atoms with Crippen molar-refractivity contribution in [3.05, 3.63) is 23.8 Å². The first kappa shape index (κ1) is 11.3. The van der Waals surface area contributed by atoms with E-state index in [9.17, 15) is 5.11 Å². The van der Waals surface area contributed by atoms with Gasteiger partial charge >= 0.3 is 0 Å². The maximum atomic E-state index is 9.59. The highest BCUT2D eigenvalue weighted by Crippen LogP contribution is 2.30. The Morgan fingerprint density at radius 2 is 2.19 bits per heavy atom. The van der Waals surface area contributed by atoms with Crippen LogP contribution in [0, 0.1) is 6.92 Å². The van der Waals surface area contributed by atoms with E-state index in [0.717, 1.165) is 30.6 Å². The van der Waals surface area contributed by atoms with Crippen molar-refractivity contribution in [2.24, 2.45) is 0 Å². The fourth-order valence-electron chi connectivity index (χ4n) is 2.53. The number of aromatic hydroxyl groups is 1. The molecule has 3 nitrogen and oxygen atoms in total. The molecule has 0 aliphatic carbocycles. The van der Waals surface area contributed by atoms with Crippen LogP contribution in [0.15, 0.2) is 18.2 Å². The van der Waals surface area contributed by atoms with Crippen LogP contribution >= 0.6 is 0 Å². The summed E-state index contributed by atoms with van der Waals surface area (Å²) in [6, 6.07) is 6.09. The van der Waals surface area contributed by atoms with Crippen LogP contribution in [0.25, 0.3) is 0 Å². The molecule has 88 valence electrons. The number of aryl methyl sites for hydroxylation is 1. The topological polar surface area (TPSA) is 43.7 Å². The predicted molar refractivity (Wildman–Crippen MR) is 64.9 cm³/mol. The number of rotatable bonds is 3. The predicted octanol–water partition coefficient (Wildman–Crippen LogP) is 2.05. The summed E-state index contributed by atoms with van der Waals surface area (Å²) >= 11 is 0. The molecule has 0 spiro atoms. The van der Waals surface area contributed by atoms with E-state index in [4.69, 9.17) is 5.11 Å². The number of phenols is 1. The molecule has 0 bridgehead atoms. The van der Waals surface area contributed by atoms with Gasteiger partial charge in [-0.25, -0.2) is 0 Å². The SMILES string of the molecule is Cc1cc(O)cc(N2CCCC2CCO)c1.